The maximum absolute atomic E-state index is 2.39. The van der Waals surface area contributed by atoms with Crippen LogP contribution in [0.25, 0.3) is 6.08 Å². The first-order valence-electron chi connectivity index (χ1n) is 6.18. The number of hydrogen-bond donors (Lipinski definition) is 0. The number of hydrogen-bond acceptors (Lipinski definition) is 0. The second-order valence-electron chi connectivity index (χ2n) is 4.67. The topological polar surface area (TPSA) is 0 Å². The van der Waals surface area contributed by atoms with Gasteiger partial charge < -0.3 is 24.0 Å². The molecule has 0 aromatic heterocycles. The van der Waals surface area contributed by atoms with E-state index in [1.165, 1.54) is 16.2 Å². The molecule has 0 aliphatic carbocycles. The SMILES string of the molecule is C[P+]1(c2ccccc2)C=CC=Cc2ccccc21.[I-]. The predicted molar refractivity (Wildman–Crippen MR) is 83.2 cm³/mol. The van der Waals surface area contributed by atoms with Crippen LogP contribution in [0.2, 0.25) is 0 Å². The maximum Gasteiger partial charge on any atom is 0.111 e. The summed E-state index contributed by atoms with van der Waals surface area (Å²) in [6, 6.07) is 19.6. The minimum atomic E-state index is -1.39. The average molecular weight is 378 g/mol. The Kier molecular flexibility index (Phi) is 4.59. The molecule has 0 N–H and O–H groups in total. The number of halogens is 1. The van der Waals surface area contributed by atoms with Crippen LogP contribution in [0, 0.1) is 0 Å². The van der Waals surface area contributed by atoms with E-state index in [-0.39, 0.29) is 24.0 Å². The van der Waals surface area contributed by atoms with Crippen molar-refractivity contribution in [2.75, 3.05) is 6.66 Å². The number of rotatable bonds is 1. The van der Waals surface area contributed by atoms with Crippen molar-refractivity contribution in [2.45, 2.75) is 0 Å². The Labute approximate surface area is 132 Å². The highest BCUT2D eigenvalue weighted by Gasteiger charge is 2.36. The number of fused-ring (bicyclic) bond motifs is 1. The van der Waals surface area contributed by atoms with Gasteiger partial charge >= 0.3 is 0 Å². The van der Waals surface area contributed by atoms with Crippen molar-refractivity contribution in [1.29, 1.82) is 0 Å². The molecule has 0 saturated heterocycles. The molecule has 2 aromatic rings. The molecule has 2 heteroatoms. The van der Waals surface area contributed by atoms with Crippen molar-refractivity contribution in [3.8, 4) is 0 Å². The summed E-state index contributed by atoms with van der Waals surface area (Å²) in [7, 11) is -1.39. The quantitative estimate of drug-likeness (QED) is 0.510. The minimum Gasteiger partial charge on any atom is -1.00 e. The molecule has 0 fully saturated rings. The molecule has 0 radical (unpaired) electrons. The van der Waals surface area contributed by atoms with Crippen LogP contribution in [-0.2, 0) is 0 Å². The lowest BCUT2D eigenvalue weighted by Gasteiger charge is -2.19. The Balaban J connectivity index is 0.00000133. The van der Waals surface area contributed by atoms with Crippen LogP contribution in [0.4, 0.5) is 0 Å². The van der Waals surface area contributed by atoms with Crippen LogP contribution in [0.5, 0.6) is 0 Å². The van der Waals surface area contributed by atoms with E-state index < -0.39 is 7.26 Å². The molecule has 19 heavy (non-hydrogen) atoms. The molecule has 1 unspecified atom stereocenters. The lowest BCUT2D eigenvalue weighted by atomic mass is 10.2. The van der Waals surface area contributed by atoms with Crippen molar-refractivity contribution < 1.29 is 24.0 Å². The predicted octanol–water partition coefficient (Wildman–Crippen LogP) is 0.829. The molecule has 0 saturated carbocycles. The summed E-state index contributed by atoms with van der Waals surface area (Å²) in [4.78, 5) is 0. The molecule has 1 aliphatic rings. The largest absolute Gasteiger partial charge is 1.00 e. The van der Waals surface area contributed by atoms with Gasteiger partial charge in [-0.05, 0) is 24.3 Å². The molecule has 0 spiro atoms. The van der Waals surface area contributed by atoms with Gasteiger partial charge in [0.25, 0.3) is 0 Å². The van der Waals surface area contributed by atoms with Gasteiger partial charge in [0.1, 0.15) is 17.9 Å². The number of benzene rings is 2. The van der Waals surface area contributed by atoms with E-state index in [2.05, 4.69) is 85.3 Å². The molecule has 0 bridgehead atoms. The first kappa shape index (κ1) is 14.5. The van der Waals surface area contributed by atoms with Crippen LogP contribution in [0.15, 0.2) is 72.6 Å². The van der Waals surface area contributed by atoms with E-state index in [1.54, 1.807) is 0 Å². The van der Waals surface area contributed by atoms with Crippen molar-refractivity contribution in [2.24, 2.45) is 0 Å². The van der Waals surface area contributed by atoms with E-state index >= 15 is 0 Å². The van der Waals surface area contributed by atoms with Gasteiger partial charge in [-0.2, -0.15) is 0 Å². The average Bonchev–Trinajstić information content (AvgIpc) is 2.61. The minimum absolute atomic E-state index is 0. The highest BCUT2D eigenvalue weighted by Crippen LogP contribution is 2.55. The molecule has 2 aromatic carbocycles. The molecule has 1 heterocycles. The van der Waals surface area contributed by atoms with Gasteiger partial charge in [-0.25, -0.2) is 0 Å². The Bertz CT molecular complexity index is 616. The van der Waals surface area contributed by atoms with Gasteiger partial charge in [0.2, 0.25) is 0 Å². The van der Waals surface area contributed by atoms with Gasteiger partial charge in [0.05, 0.1) is 12.5 Å². The van der Waals surface area contributed by atoms with E-state index in [0.29, 0.717) is 0 Å². The number of allylic oxidation sites excluding steroid dienone is 2. The van der Waals surface area contributed by atoms with Gasteiger partial charge in [-0.1, -0.05) is 48.6 Å². The van der Waals surface area contributed by atoms with Crippen molar-refractivity contribution in [3.05, 3.63) is 78.1 Å². The Morgan fingerprint density at radius 2 is 1.47 bits per heavy atom. The lowest BCUT2D eigenvalue weighted by molar-refractivity contribution is -0.00000347. The standard InChI is InChI=1S/C17H16P.HI/c1-18(16-11-3-2-4-12-16)14-8-7-10-15-9-5-6-13-17(15)18;/h2-14H,1H3;1H/q+1;/p-1. The Morgan fingerprint density at radius 3 is 2.26 bits per heavy atom. The van der Waals surface area contributed by atoms with Crippen LogP contribution in [0.3, 0.4) is 0 Å². The third-order valence-corrected chi connectivity index (χ3v) is 7.05. The van der Waals surface area contributed by atoms with E-state index in [4.69, 9.17) is 0 Å². The van der Waals surface area contributed by atoms with E-state index in [0.717, 1.165) is 0 Å². The van der Waals surface area contributed by atoms with Crippen LogP contribution in [0.1, 0.15) is 5.56 Å². The summed E-state index contributed by atoms with van der Waals surface area (Å²) in [6.45, 7) is 2.39. The summed E-state index contributed by atoms with van der Waals surface area (Å²) < 4.78 is 0. The fraction of sp³-hybridized carbons (Fsp3) is 0.0588. The fourth-order valence-corrected chi connectivity index (χ4v) is 5.40. The molecule has 96 valence electrons. The lowest BCUT2D eigenvalue weighted by Crippen LogP contribution is -3.00. The zero-order chi connectivity index (χ0) is 12.4. The summed E-state index contributed by atoms with van der Waals surface area (Å²) in [5, 5.41) is 2.92. The molecular weight excluding hydrogens is 362 g/mol. The smallest absolute Gasteiger partial charge is 0.111 e. The van der Waals surface area contributed by atoms with E-state index in [1.807, 2.05) is 0 Å². The first-order valence-corrected chi connectivity index (χ1v) is 8.48. The molecular formula is C17H16IP. The first-order chi connectivity index (χ1) is 8.81. The van der Waals surface area contributed by atoms with Gasteiger partial charge in [-0.15, -0.1) is 0 Å². The van der Waals surface area contributed by atoms with Crippen LogP contribution < -0.4 is 34.6 Å². The molecule has 0 nitrogen and oxygen atoms in total. The second kappa shape index (κ2) is 6.02. The van der Waals surface area contributed by atoms with Gasteiger partial charge in [-0.3, -0.25) is 0 Å². The van der Waals surface area contributed by atoms with Crippen molar-refractivity contribution in [1.82, 2.24) is 0 Å². The Morgan fingerprint density at radius 1 is 0.789 bits per heavy atom. The molecule has 1 aliphatic heterocycles. The third-order valence-electron chi connectivity index (χ3n) is 3.50. The van der Waals surface area contributed by atoms with E-state index in [9.17, 15) is 0 Å². The summed E-state index contributed by atoms with van der Waals surface area (Å²) in [5.74, 6) is 2.39. The third kappa shape index (κ3) is 2.68. The summed E-state index contributed by atoms with van der Waals surface area (Å²) in [5.41, 5.74) is 1.35. The second-order valence-corrected chi connectivity index (χ2v) is 8.12. The van der Waals surface area contributed by atoms with Gasteiger partial charge in [0.15, 0.2) is 0 Å². The molecule has 3 rings (SSSR count). The highest BCUT2D eigenvalue weighted by molar-refractivity contribution is 7.91. The van der Waals surface area contributed by atoms with Gasteiger partial charge in [0, 0.05) is 5.56 Å². The summed E-state index contributed by atoms with van der Waals surface area (Å²) in [6.07, 6.45) is 6.55. The monoisotopic (exact) mass is 378 g/mol. The molecule has 1 atom stereocenters. The van der Waals surface area contributed by atoms with Crippen LogP contribution in [-0.4, -0.2) is 6.66 Å². The molecule has 0 amide bonds. The van der Waals surface area contributed by atoms with Crippen molar-refractivity contribution in [3.63, 3.8) is 0 Å². The van der Waals surface area contributed by atoms with Crippen LogP contribution >= 0.6 is 7.26 Å². The maximum atomic E-state index is 2.39. The Hall–Kier alpha value is -0.920. The normalized spacial score (nSPS) is 20.3. The zero-order valence-corrected chi connectivity index (χ0v) is 13.9. The zero-order valence-electron chi connectivity index (χ0n) is 10.8. The van der Waals surface area contributed by atoms with Crippen molar-refractivity contribution >= 4 is 23.9 Å². The fourth-order valence-electron chi connectivity index (χ4n) is 2.48. The summed E-state index contributed by atoms with van der Waals surface area (Å²) >= 11 is 0. The highest BCUT2D eigenvalue weighted by atomic mass is 127.